The zero-order valence-corrected chi connectivity index (χ0v) is 32.0. The average Bonchev–Trinajstić information content (AvgIpc) is 3.10. The summed E-state index contributed by atoms with van der Waals surface area (Å²) in [7, 11) is -3.53. The molecule has 2 N–H and O–H groups in total. The van der Waals surface area contributed by atoms with E-state index in [1.807, 2.05) is 74.5 Å². The fourth-order valence-electron chi connectivity index (χ4n) is 7.42. The first-order valence-electron chi connectivity index (χ1n) is 17.7. The maximum Gasteiger partial charge on any atom is 0.305 e. The Balaban J connectivity index is 1.27. The lowest BCUT2D eigenvalue weighted by molar-refractivity contribution is -0.184. The molecule has 0 unspecified atom stereocenters. The Morgan fingerprint density at radius 3 is 2.26 bits per heavy atom. The number of nitrogens with zero attached hydrogens (tertiary/aromatic N) is 1. The molecule has 12 heteroatoms. The minimum atomic E-state index is -3.53. The third-order valence-corrected chi connectivity index (χ3v) is 11.9. The molecule has 0 radical (unpaired) electrons. The summed E-state index contributed by atoms with van der Waals surface area (Å²) in [5.74, 6) is -1.46. The third-order valence-electron chi connectivity index (χ3n) is 10.0. The third kappa shape index (κ3) is 9.99. The molecule has 4 atom stereocenters. The number of nitrogens with one attached hydrogen (secondary N) is 1. The van der Waals surface area contributed by atoms with Crippen molar-refractivity contribution in [3.8, 4) is 5.75 Å². The smallest absolute Gasteiger partial charge is 0.305 e. The zero-order chi connectivity index (χ0) is 37.8. The summed E-state index contributed by atoms with van der Waals surface area (Å²) in [4.78, 5) is 28.0. The molecule has 2 aliphatic heterocycles. The van der Waals surface area contributed by atoms with Crippen LogP contribution in [0.5, 0.6) is 5.75 Å². The van der Waals surface area contributed by atoms with Gasteiger partial charge in [-0.3, -0.25) is 9.59 Å². The standard InChI is InChI=1S/C41H44Cl2N2O7S/c1-41(2)35-24-34(40(48)45(19-17-38(46)47)25-30-11-7-13-32(43)21-30)37(23-29-10-6-12-31(42)20-29)51-39(35)33-22-27(14-15-36(33)52-41)16-18-44-53(49,50)26-28-8-4-3-5-9-28/h3-15,20-22,34-35,37,39,44H,16-19,23-26H2,1-2H3,(H,46,47)/t34-,35-,37-,39+/m1/s1. The van der Waals surface area contributed by atoms with Crippen molar-refractivity contribution in [2.75, 3.05) is 13.1 Å². The first-order valence-corrected chi connectivity index (χ1v) is 20.2. The van der Waals surface area contributed by atoms with Gasteiger partial charge in [-0.05, 0) is 91.8 Å². The van der Waals surface area contributed by atoms with Gasteiger partial charge in [0.05, 0.1) is 30.3 Å². The number of hydrogen-bond donors (Lipinski definition) is 2. The Labute approximate surface area is 321 Å². The van der Waals surface area contributed by atoms with Gasteiger partial charge in [-0.1, -0.05) is 83.9 Å². The van der Waals surface area contributed by atoms with Crippen molar-refractivity contribution in [2.24, 2.45) is 11.8 Å². The molecule has 0 aromatic heterocycles. The largest absolute Gasteiger partial charge is 0.487 e. The predicted octanol–water partition coefficient (Wildman–Crippen LogP) is 7.64. The maximum absolute atomic E-state index is 14.7. The van der Waals surface area contributed by atoms with E-state index in [0.717, 1.165) is 22.3 Å². The first-order chi connectivity index (χ1) is 25.3. The number of amides is 1. The lowest BCUT2D eigenvalue weighted by atomic mass is 9.70. The number of benzene rings is 4. The molecule has 1 saturated heterocycles. The molecule has 2 heterocycles. The van der Waals surface area contributed by atoms with E-state index in [0.29, 0.717) is 40.6 Å². The van der Waals surface area contributed by atoms with Crippen LogP contribution in [0.4, 0.5) is 0 Å². The topological polar surface area (TPSA) is 122 Å². The van der Waals surface area contributed by atoms with E-state index >= 15 is 0 Å². The van der Waals surface area contributed by atoms with Gasteiger partial charge in [-0.2, -0.15) is 0 Å². The molecule has 0 saturated carbocycles. The maximum atomic E-state index is 14.7. The quantitative estimate of drug-likeness (QED) is 0.135. The van der Waals surface area contributed by atoms with Crippen LogP contribution >= 0.6 is 23.2 Å². The van der Waals surface area contributed by atoms with E-state index < -0.39 is 39.7 Å². The van der Waals surface area contributed by atoms with Crippen LogP contribution in [0.15, 0.2) is 97.1 Å². The number of aliphatic carboxylic acids is 1. The molecule has 0 aliphatic carbocycles. The second-order valence-electron chi connectivity index (χ2n) is 14.4. The van der Waals surface area contributed by atoms with Crippen LogP contribution in [-0.4, -0.2) is 55.1 Å². The zero-order valence-electron chi connectivity index (χ0n) is 29.7. The highest BCUT2D eigenvalue weighted by Crippen LogP contribution is 2.53. The van der Waals surface area contributed by atoms with Crippen molar-refractivity contribution in [3.05, 3.63) is 135 Å². The number of carbonyl (C=O) groups excluding carboxylic acids is 1. The molecular formula is C41H44Cl2N2O7S. The monoisotopic (exact) mass is 778 g/mol. The van der Waals surface area contributed by atoms with Crippen LogP contribution in [0, 0.1) is 11.8 Å². The highest BCUT2D eigenvalue weighted by Gasteiger charge is 2.52. The van der Waals surface area contributed by atoms with E-state index in [-0.39, 0.29) is 43.6 Å². The van der Waals surface area contributed by atoms with Crippen molar-refractivity contribution >= 4 is 45.1 Å². The van der Waals surface area contributed by atoms with Crippen LogP contribution in [0.1, 0.15) is 60.6 Å². The number of carbonyl (C=O) groups is 2. The Hall–Kier alpha value is -3.93. The van der Waals surface area contributed by atoms with Crippen molar-refractivity contribution in [1.29, 1.82) is 0 Å². The van der Waals surface area contributed by atoms with Gasteiger partial charge in [-0.25, -0.2) is 13.1 Å². The molecule has 2 aliphatic rings. The molecule has 1 fully saturated rings. The average molecular weight is 780 g/mol. The lowest BCUT2D eigenvalue weighted by Crippen LogP contribution is -2.54. The fraction of sp³-hybridized carbons (Fsp3) is 0.366. The van der Waals surface area contributed by atoms with Crippen LogP contribution in [-0.2, 0) is 49.5 Å². The molecule has 6 rings (SSSR count). The van der Waals surface area contributed by atoms with Gasteiger partial charge >= 0.3 is 5.97 Å². The van der Waals surface area contributed by atoms with E-state index in [4.69, 9.17) is 32.7 Å². The molecule has 280 valence electrons. The van der Waals surface area contributed by atoms with Gasteiger partial charge in [0.2, 0.25) is 15.9 Å². The minimum absolute atomic E-state index is 0.0242. The lowest BCUT2D eigenvalue weighted by Gasteiger charge is -2.51. The van der Waals surface area contributed by atoms with E-state index in [1.54, 1.807) is 41.3 Å². The second-order valence-corrected chi connectivity index (χ2v) is 17.1. The summed E-state index contributed by atoms with van der Waals surface area (Å²) in [5, 5.41) is 10.7. The Morgan fingerprint density at radius 1 is 0.887 bits per heavy atom. The number of halogens is 2. The molecule has 4 aromatic carbocycles. The first kappa shape index (κ1) is 38.8. The summed E-state index contributed by atoms with van der Waals surface area (Å²) >= 11 is 12.7. The second kappa shape index (κ2) is 16.6. The summed E-state index contributed by atoms with van der Waals surface area (Å²) in [6.07, 6.45) is 0.101. The van der Waals surface area contributed by atoms with Gasteiger partial charge in [0, 0.05) is 41.2 Å². The van der Waals surface area contributed by atoms with Gasteiger partial charge in [-0.15, -0.1) is 0 Å². The summed E-state index contributed by atoms with van der Waals surface area (Å²) in [5.41, 5.74) is 3.49. The number of ether oxygens (including phenoxy) is 2. The Kier molecular flexibility index (Phi) is 12.2. The number of fused-ring (bicyclic) bond motifs is 3. The van der Waals surface area contributed by atoms with Gasteiger partial charge < -0.3 is 19.5 Å². The number of carboxylic acids is 1. The fourth-order valence-corrected chi connectivity index (χ4v) is 9.00. The van der Waals surface area contributed by atoms with Crippen LogP contribution < -0.4 is 9.46 Å². The molecule has 1 amide bonds. The number of carboxylic acid groups (broad SMARTS) is 1. The van der Waals surface area contributed by atoms with Gasteiger partial charge in [0.15, 0.2) is 0 Å². The van der Waals surface area contributed by atoms with Crippen molar-refractivity contribution in [3.63, 3.8) is 0 Å². The molecule has 0 bridgehead atoms. The molecule has 0 spiro atoms. The summed E-state index contributed by atoms with van der Waals surface area (Å²) in [6, 6.07) is 29.6. The highest BCUT2D eigenvalue weighted by molar-refractivity contribution is 7.88. The molecule has 53 heavy (non-hydrogen) atoms. The van der Waals surface area contributed by atoms with Crippen LogP contribution in [0.2, 0.25) is 10.0 Å². The Bertz CT molecular complexity index is 2040. The Morgan fingerprint density at radius 2 is 1.57 bits per heavy atom. The molecule has 9 nitrogen and oxygen atoms in total. The van der Waals surface area contributed by atoms with Crippen LogP contribution in [0.25, 0.3) is 0 Å². The van der Waals surface area contributed by atoms with E-state index in [2.05, 4.69) is 4.72 Å². The molecular weight excluding hydrogens is 735 g/mol. The highest BCUT2D eigenvalue weighted by atomic mass is 35.5. The van der Waals surface area contributed by atoms with Gasteiger partial charge in [0.1, 0.15) is 11.4 Å². The van der Waals surface area contributed by atoms with Crippen molar-refractivity contribution < 1.29 is 32.6 Å². The summed E-state index contributed by atoms with van der Waals surface area (Å²) in [6.45, 7) is 4.44. The van der Waals surface area contributed by atoms with Gasteiger partial charge in [0.25, 0.3) is 0 Å². The number of hydrogen-bond acceptors (Lipinski definition) is 6. The normalized spacial score (nSPS) is 20.5. The number of rotatable bonds is 14. The van der Waals surface area contributed by atoms with Crippen molar-refractivity contribution in [1.82, 2.24) is 9.62 Å². The van der Waals surface area contributed by atoms with Crippen molar-refractivity contribution in [2.45, 2.75) is 69.6 Å². The minimum Gasteiger partial charge on any atom is -0.487 e. The van der Waals surface area contributed by atoms with Crippen LogP contribution in [0.3, 0.4) is 0 Å². The predicted molar refractivity (Wildman–Crippen MR) is 205 cm³/mol. The van der Waals surface area contributed by atoms with E-state index in [9.17, 15) is 23.1 Å². The molecule has 4 aromatic rings. The SMILES string of the molecule is CC1(C)Oc2ccc(CCNS(=O)(=O)Cc3ccccc3)cc2[C@@H]2O[C@H](Cc3cccc(Cl)c3)[C@H](C(=O)N(CCC(=O)O)Cc3cccc(Cl)c3)C[C@H]21. The summed E-state index contributed by atoms with van der Waals surface area (Å²) < 4.78 is 41.9. The number of sulfonamides is 1. The van der Waals surface area contributed by atoms with E-state index in [1.165, 1.54) is 0 Å².